The van der Waals surface area contributed by atoms with Crippen molar-refractivity contribution in [2.75, 3.05) is 7.11 Å². The molecule has 1 aromatic heterocycles. The van der Waals surface area contributed by atoms with E-state index in [0.717, 1.165) is 5.56 Å². The lowest BCUT2D eigenvalue weighted by atomic mass is 10.3. The first-order valence-corrected chi connectivity index (χ1v) is 3.56. The summed E-state index contributed by atoms with van der Waals surface area (Å²) in [6, 6.07) is 1.56. The van der Waals surface area contributed by atoms with Crippen molar-refractivity contribution in [2.24, 2.45) is 0 Å². The zero-order chi connectivity index (χ0) is 9.68. The van der Waals surface area contributed by atoms with Gasteiger partial charge in [-0.3, -0.25) is 4.98 Å². The summed E-state index contributed by atoms with van der Waals surface area (Å²) in [6.45, 7) is 0.379. The van der Waals surface area contributed by atoms with Gasteiger partial charge in [-0.1, -0.05) is 0 Å². The van der Waals surface area contributed by atoms with Crippen LogP contribution in [0.15, 0.2) is 18.5 Å². The van der Waals surface area contributed by atoms with E-state index in [9.17, 15) is 4.79 Å². The number of hydrogen-bond donors (Lipinski definition) is 1. The van der Waals surface area contributed by atoms with E-state index >= 15 is 0 Å². The van der Waals surface area contributed by atoms with Crippen LogP contribution in [-0.4, -0.2) is 23.4 Å². The molecule has 1 N–H and O–H groups in total. The second kappa shape index (κ2) is 4.42. The predicted octanol–water partition coefficient (Wildman–Crippen LogP) is 1.28. The Hall–Kier alpha value is -1.62. The molecule has 0 bridgehead atoms. The first-order valence-electron chi connectivity index (χ1n) is 3.56. The highest BCUT2D eigenvalue weighted by Crippen LogP contribution is 2.11. The average Bonchev–Trinajstić information content (AvgIpc) is 2.04. The normalized spacial score (nSPS) is 9.62. The smallest absolute Gasteiger partial charge is 0.449 e. The van der Waals surface area contributed by atoms with E-state index in [2.05, 4.69) is 9.72 Å². The number of nitrogens with zero attached hydrogens (tertiary/aromatic N) is 1. The van der Waals surface area contributed by atoms with Gasteiger partial charge in [0.15, 0.2) is 5.75 Å². The van der Waals surface area contributed by atoms with E-state index in [1.54, 1.807) is 19.4 Å². The fraction of sp³-hybridized carbons (Fsp3) is 0.250. The monoisotopic (exact) mass is 183 g/mol. The van der Waals surface area contributed by atoms with Crippen molar-refractivity contribution in [1.82, 2.24) is 4.98 Å². The first kappa shape index (κ1) is 9.47. The maximum atomic E-state index is 10.2. The number of carbonyl (C=O) groups is 1. The van der Waals surface area contributed by atoms with Crippen molar-refractivity contribution < 1.29 is 19.4 Å². The minimum Gasteiger partial charge on any atom is -0.449 e. The highest BCUT2D eigenvalue weighted by Gasteiger charge is 2.01. The van der Waals surface area contributed by atoms with Crippen molar-refractivity contribution in [3.63, 3.8) is 0 Å². The molecule has 1 aromatic rings. The topological polar surface area (TPSA) is 68.7 Å². The zero-order valence-electron chi connectivity index (χ0n) is 7.06. The Bertz CT molecular complexity index is 300. The van der Waals surface area contributed by atoms with Crippen molar-refractivity contribution in [3.05, 3.63) is 24.0 Å². The van der Waals surface area contributed by atoms with Crippen LogP contribution in [0.25, 0.3) is 0 Å². The summed E-state index contributed by atoms with van der Waals surface area (Å²) in [7, 11) is 1.55. The van der Waals surface area contributed by atoms with Crippen molar-refractivity contribution in [2.45, 2.75) is 6.61 Å². The van der Waals surface area contributed by atoms with Gasteiger partial charge in [-0.05, 0) is 11.6 Å². The second-order valence-electron chi connectivity index (χ2n) is 2.33. The number of pyridine rings is 1. The maximum absolute atomic E-state index is 10.2. The molecule has 5 nitrogen and oxygen atoms in total. The summed E-state index contributed by atoms with van der Waals surface area (Å²) in [4.78, 5) is 13.9. The van der Waals surface area contributed by atoms with E-state index < -0.39 is 6.16 Å². The molecule has 0 fully saturated rings. The van der Waals surface area contributed by atoms with E-state index in [-0.39, 0.29) is 5.75 Å². The molecule has 70 valence electrons. The third kappa shape index (κ3) is 3.08. The van der Waals surface area contributed by atoms with Crippen LogP contribution < -0.4 is 4.74 Å². The average molecular weight is 183 g/mol. The lowest BCUT2D eigenvalue weighted by molar-refractivity contribution is 0.144. The summed E-state index contributed by atoms with van der Waals surface area (Å²) in [6.07, 6.45) is 1.56. The zero-order valence-corrected chi connectivity index (χ0v) is 7.06. The maximum Gasteiger partial charge on any atom is 0.511 e. The van der Waals surface area contributed by atoms with Crippen LogP contribution in [-0.2, 0) is 11.3 Å². The lowest BCUT2D eigenvalue weighted by Gasteiger charge is -2.01. The Morgan fingerprint density at radius 2 is 2.38 bits per heavy atom. The molecule has 1 heterocycles. The number of methoxy groups -OCH3 is 1. The van der Waals surface area contributed by atoms with Gasteiger partial charge in [0.25, 0.3) is 0 Å². The Kier molecular flexibility index (Phi) is 3.22. The summed E-state index contributed by atoms with van der Waals surface area (Å²) >= 11 is 0. The number of carboxylic acid groups (broad SMARTS) is 1. The van der Waals surface area contributed by atoms with Gasteiger partial charge in [0.2, 0.25) is 0 Å². The molecule has 0 saturated heterocycles. The van der Waals surface area contributed by atoms with Gasteiger partial charge in [0.05, 0.1) is 12.8 Å². The van der Waals surface area contributed by atoms with Gasteiger partial charge in [0, 0.05) is 13.3 Å². The van der Waals surface area contributed by atoms with E-state index in [0.29, 0.717) is 6.61 Å². The first-order chi connectivity index (χ1) is 6.22. The standard InChI is InChI=1S/C8H9NO4/c1-12-5-6-2-7(4-9-3-6)13-8(10)11/h2-4H,5H2,1H3,(H,10,11). The quantitative estimate of drug-likeness (QED) is 0.715. The highest BCUT2D eigenvalue weighted by molar-refractivity contribution is 5.60. The molecule has 5 heteroatoms. The second-order valence-corrected chi connectivity index (χ2v) is 2.33. The van der Waals surface area contributed by atoms with Gasteiger partial charge in [0.1, 0.15) is 0 Å². The van der Waals surface area contributed by atoms with Crippen LogP contribution >= 0.6 is 0 Å². The van der Waals surface area contributed by atoms with E-state index in [1.165, 1.54) is 6.20 Å². The predicted molar refractivity (Wildman–Crippen MR) is 43.6 cm³/mol. The van der Waals surface area contributed by atoms with Crippen LogP contribution in [0.4, 0.5) is 4.79 Å². The van der Waals surface area contributed by atoms with Crippen molar-refractivity contribution >= 4 is 6.16 Å². The van der Waals surface area contributed by atoms with E-state index in [4.69, 9.17) is 9.84 Å². The van der Waals surface area contributed by atoms with Crippen LogP contribution in [0.5, 0.6) is 5.75 Å². The Balaban J connectivity index is 2.73. The fourth-order valence-electron chi connectivity index (χ4n) is 0.866. The van der Waals surface area contributed by atoms with Crippen molar-refractivity contribution in [3.8, 4) is 5.75 Å². The van der Waals surface area contributed by atoms with Gasteiger partial charge >= 0.3 is 6.16 Å². The molecule has 0 aliphatic carbocycles. The Morgan fingerprint density at radius 1 is 1.62 bits per heavy atom. The number of ether oxygens (including phenoxy) is 2. The number of aromatic nitrogens is 1. The molecular weight excluding hydrogens is 174 g/mol. The summed E-state index contributed by atoms with van der Waals surface area (Å²) in [5, 5.41) is 8.31. The number of rotatable bonds is 3. The summed E-state index contributed by atoms with van der Waals surface area (Å²) in [5.41, 5.74) is 0.765. The fourth-order valence-corrected chi connectivity index (χ4v) is 0.866. The lowest BCUT2D eigenvalue weighted by Crippen LogP contribution is -2.03. The van der Waals surface area contributed by atoms with E-state index in [1.807, 2.05) is 0 Å². The highest BCUT2D eigenvalue weighted by atomic mass is 16.7. The molecule has 0 aliphatic heterocycles. The molecule has 0 aromatic carbocycles. The minimum atomic E-state index is -1.35. The molecule has 13 heavy (non-hydrogen) atoms. The Labute approximate surface area is 74.9 Å². The van der Waals surface area contributed by atoms with Gasteiger partial charge in [-0.15, -0.1) is 0 Å². The molecule has 0 spiro atoms. The summed E-state index contributed by atoms with van der Waals surface area (Å²) in [5.74, 6) is 0.196. The molecule has 0 unspecified atom stereocenters. The van der Waals surface area contributed by atoms with Crippen molar-refractivity contribution in [1.29, 1.82) is 0 Å². The molecular formula is C8H9NO4. The van der Waals surface area contributed by atoms with Crippen LogP contribution in [0.1, 0.15) is 5.56 Å². The minimum absolute atomic E-state index is 0.196. The molecule has 0 amide bonds. The van der Waals surface area contributed by atoms with Crippen LogP contribution in [0, 0.1) is 0 Å². The SMILES string of the molecule is COCc1cncc(OC(=O)O)c1. The molecule has 0 atom stereocenters. The molecule has 0 aliphatic rings. The third-order valence-corrected chi connectivity index (χ3v) is 1.29. The largest absolute Gasteiger partial charge is 0.511 e. The molecule has 1 rings (SSSR count). The molecule has 0 saturated carbocycles. The van der Waals surface area contributed by atoms with Crippen LogP contribution in [0.2, 0.25) is 0 Å². The van der Waals surface area contributed by atoms with Crippen LogP contribution in [0.3, 0.4) is 0 Å². The van der Waals surface area contributed by atoms with Gasteiger partial charge in [-0.25, -0.2) is 4.79 Å². The molecule has 0 radical (unpaired) electrons. The third-order valence-electron chi connectivity index (χ3n) is 1.29. The summed E-state index contributed by atoms with van der Waals surface area (Å²) < 4.78 is 9.24. The Morgan fingerprint density at radius 3 is 3.00 bits per heavy atom. The van der Waals surface area contributed by atoms with Gasteiger partial charge < -0.3 is 14.6 Å². The number of hydrogen-bond acceptors (Lipinski definition) is 4. The van der Waals surface area contributed by atoms with Gasteiger partial charge in [-0.2, -0.15) is 0 Å².